The Morgan fingerprint density at radius 1 is 1.09 bits per heavy atom. The quantitative estimate of drug-likeness (QED) is 0.218. The van der Waals surface area contributed by atoms with Crippen LogP contribution in [0.4, 0.5) is 0 Å². The van der Waals surface area contributed by atoms with Gasteiger partial charge < -0.3 is 20.5 Å². The van der Waals surface area contributed by atoms with E-state index in [9.17, 15) is 5.11 Å². The van der Waals surface area contributed by atoms with Crippen LogP contribution < -0.4 is 10.6 Å². The third-order valence-corrected chi connectivity index (χ3v) is 7.17. The normalized spacial score (nSPS) is 16.9. The van der Waals surface area contributed by atoms with Crippen LogP contribution >= 0.6 is 35.3 Å². The molecule has 0 saturated carbocycles. The predicted molar refractivity (Wildman–Crippen MR) is 144 cm³/mol. The van der Waals surface area contributed by atoms with Crippen molar-refractivity contribution in [2.24, 2.45) is 4.99 Å². The number of ether oxygens (including phenoxy) is 1. The van der Waals surface area contributed by atoms with Crippen molar-refractivity contribution in [3.05, 3.63) is 71.1 Å². The van der Waals surface area contributed by atoms with Gasteiger partial charge in [0.05, 0.1) is 6.54 Å². The van der Waals surface area contributed by atoms with Gasteiger partial charge in [0, 0.05) is 41.3 Å². The minimum Gasteiger partial charge on any atom is -0.386 e. The first-order chi connectivity index (χ1) is 15.2. The van der Waals surface area contributed by atoms with E-state index in [4.69, 9.17) is 9.73 Å². The third-order valence-electron chi connectivity index (χ3n) is 5.96. The van der Waals surface area contributed by atoms with Gasteiger partial charge >= 0.3 is 0 Å². The van der Waals surface area contributed by atoms with Crippen LogP contribution in [-0.4, -0.2) is 43.9 Å². The molecule has 2 heterocycles. The lowest BCUT2D eigenvalue weighted by Gasteiger charge is -2.36. The SMILES string of the molecule is CCNC(=NCC1(c2ccccc2)CCOCC1)NCC(O)c1cc2ccccc2s1.I. The standard InChI is InChI=1S/C25H31N3O2S.HI/c1-2-26-24(27-17-21(29)23-16-19-8-6-7-11-22(19)31-23)28-18-25(12-14-30-15-13-25)20-9-4-3-5-10-20;/h3-11,16,21,29H,2,12-15,17-18H2,1H3,(H2,26,27,28);1H. The first-order valence-corrected chi connectivity index (χ1v) is 11.8. The summed E-state index contributed by atoms with van der Waals surface area (Å²) >= 11 is 1.64. The number of guanidine groups is 1. The monoisotopic (exact) mass is 565 g/mol. The fourth-order valence-electron chi connectivity index (χ4n) is 4.12. The van der Waals surface area contributed by atoms with Gasteiger partial charge in [-0.3, -0.25) is 4.99 Å². The second kappa shape index (κ2) is 12.0. The Hall–Kier alpha value is -1.68. The second-order valence-electron chi connectivity index (χ2n) is 8.04. The lowest BCUT2D eigenvalue weighted by molar-refractivity contribution is 0.0531. The van der Waals surface area contributed by atoms with E-state index >= 15 is 0 Å². The molecule has 0 bridgehead atoms. The zero-order valence-electron chi connectivity index (χ0n) is 18.4. The number of rotatable bonds is 7. The van der Waals surface area contributed by atoms with Gasteiger partial charge in [-0.1, -0.05) is 48.5 Å². The van der Waals surface area contributed by atoms with Crippen LogP contribution in [0.3, 0.4) is 0 Å². The van der Waals surface area contributed by atoms with Crippen molar-refractivity contribution in [1.29, 1.82) is 0 Å². The minimum absolute atomic E-state index is 0. The number of nitrogens with zero attached hydrogens (tertiary/aromatic N) is 1. The summed E-state index contributed by atoms with van der Waals surface area (Å²) in [7, 11) is 0. The molecule has 1 aliphatic heterocycles. The maximum atomic E-state index is 10.7. The molecule has 0 aliphatic carbocycles. The number of hydrogen-bond acceptors (Lipinski definition) is 4. The van der Waals surface area contributed by atoms with Crippen molar-refractivity contribution in [1.82, 2.24) is 10.6 Å². The summed E-state index contributed by atoms with van der Waals surface area (Å²) in [5.41, 5.74) is 1.31. The number of nitrogens with one attached hydrogen (secondary N) is 2. The van der Waals surface area contributed by atoms with Gasteiger partial charge in [-0.25, -0.2) is 0 Å². The molecule has 1 aliphatic rings. The topological polar surface area (TPSA) is 65.9 Å². The number of halogens is 1. The van der Waals surface area contributed by atoms with Crippen molar-refractivity contribution in [3.8, 4) is 0 Å². The number of thiophene rings is 1. The zero-order valence-corrected chi connectivity index (χ0v) is 21.6. The highest BCUT2D eigenvalue weighted by Crippen LogP contribution is 2.35. The van der Waals surface area contributed by atoms with E-state index in [0.29, 0.717) is 13.1 Å². The summed E-state index contributed by atoms with van der Waals surface area (Å²) in [5.74, 6) is 0.740. The van der Waals surface area contributed by atoms with Gasteiger partial charge in [0.25, 0.3) is 0 Å². The van der Waals surface area contributed by atoms with E-state index in [2.05, 4.69) is 66.1 Å². The molecule has 3 N–H and O–H groups in total. The van der Waals surface area contributed by atoms with Crippen LogP contribution in [0.2, 0.25) is 0 Å². The highest BCUT2D eigenvalue weighted by molar-refractivity contribution is 14.0. The lowest BCUT2D eigenvalue weighted by atomic mass is 9.74. The molecule has 1 saturated heterocycles. The van der Waals surface area contributed by atoms with E-state index < -0.39 is 6.10 Å². The number of benzene rings is 2. The third kappa shape index (κ3) is 6.01. The molecule has 2 aromatic carbocycles. The molecule has 1 aromatic heterocycles. The maximum absolute atomic E-state index is 10.7. The van der Waals surface area contributed by atoms with Crippen LogP contribution in [0.5, 0.6) is 0 Å². The van der Waals surface area contributed by atoms with Crippen LogP contribution in [-0.2, 0) is 10.2 Å². The molecule has 7 heteroatoms. The highest BCUT2D eigenvalue weighted by atomic mass is 127. The molecule has 1 atom stereocenters. The van der Waals surface area contributed by atoms with E-state index in [1.807, 2.05) is 12.1 Å². The van der Waals surface area contributed by atoms with Crippen LogP contribution in [0.15, 0.2) is 65.7 Å². The van der Waals surface area contributed by atoms with E-state index in [0.717, 1.165) is 43.4 Å². The zero-order chi connectivity index (χ0) is 21.5. The summed E-state index contributed by atoms with van der Waals surface area (Å²) in [6, 6.07) is 21.0. The Morgan fingerprint density at radius 3 is 2.53 bits per heavy atom. The fourth-order valence-corrected chi connectivity index (χ4v) is 5.18. The Kier molecular flexibility index (Phi) is 9.34. The fraction of sp³-hybridized carbons (Fsp3) is 0.400. The lowest BCUT2D eigenvalue weighted by Crippen LogP contribution is -2.42. The van der Waals surface area contributed by atoms with Gasteiger partial charge in [0.15, 0.2) is 5.96 Å². The van der Waals surface area contributed by atoms with Crippen LogP contribution in [0, 0.1) is 0 Å². The van der Waals surface area contributed by atoms with Gasteiger partial charge in [-0.05, 0) is 42.8 Å². The number of aliphatic hydroxyl groups excluding tert-OH is 1. The van der Waals surface area contributed by atoms with E-state index in [-0.39, 0.29) is 29.4 Å². The van der Waals surface area contributed by atoms with Gasteiger partial charge in [0.1, 0.15) is 6.10 Å². The molecule has 172 valence electrons. The number of hydrogen-bond donors (Lipinski definition) is 3. The second-order valence-corrected chi connectivity index (χ2v) is 9.15. The molecule has 0 radical (unpaired) electrons. The predicted octanol–water partition coefficient (Wildman–Crippen LogP) is 4.86. The molecule has 0 spiro atoms. The molecular weight excluding hydrogens is 533 g/mol. The van der Waals surface area contributed by atoms with Crippen molar-refractivity contribution in [2.75, 3.05) is 32.8 Å². The van der Waals surface area contributed by atoms with Crippen LogP contribution in [0.1, 0.15) is 36.3 Å². The first-order valence-electron chi connectivity index (χ1n) is 11.0. The summed E-state index contributed by atoms with van der Waals surface area (Å²) in [4.78, 5) is 5.89. The van der Waals surface area contributed by atoms with Crippen molar-refractivity contribution < 1.29 is 9.84 Å². The average molecular weight is 566 g/mol. The minimum atomic E-state index is -0.576. The Labute approximate surface area is 211 Å². The summed E-state index contributed by atoms with van der Waals surface area (Å²) in [6.07, 6.45) is 1.35. The van der Waals surface area contributed by atoms with Gasteiger partial charge in [0.2, 0.25) is 0 Å². The van der Waals surface area contributed by atoms with Crippen molar-refractivity contribution >= 4 is 51.4 Å². The van der Waals surface area contributed by atoms with Crippen molar-refractivity contribution in [3.63, 3.8) is 0 Å². The maximum Gasteiger partial charge on any atom is 0.191 e. The van der Waals surface area contributed by atoms with E-state index in [1.165, 1.54) is 15.6 Å². The Balaban J connectivity index is 0.00000289. The molecular formula is C25H32IN3O2S. The summed E-state index contributed by atoms with van der Waals surface area (Å²) < 4.78 is 6.84. The number of aliphatic hydroxyl groups is 1. The van der Waals surface area contributed by atoms with Crippen LogP contribution in [0.25, 0.3) is 10.1 Å². The summed E-state index contributed by atoms with van der Waals surface area (Å²) in [6.45, 7) is 5.46. The summed E-state index contributed by atoms with van der Waals surface area (Å²) in [5, 5.41) is 18.6. The van der Waals surface area contributed by atoms with Gasteiger partial charge in [-0.2, -0.15) is 0 Å². The number of fused-ring (bicyclic) bond motifs is 1. The molecule has 0 amide bonds. The molecule has 32 heavy (non-hydrogen) atoms. The van der Waals surface area contributed by atoms with Gasteiger partial charge in [-0.15, -0.1) is 35.3 Å². The Morgan fingerprint density at radius 2 is 1.81 bits per heavy atom. The molecule has 3 aromatic rings. The molecule has 1 fully saturated rings. The average Bonchev–Trinajstić information content (AvgIpc) is 3.26. The first kappa shape index (κ1) is 25.0. The molecule has 4 rings (SSSR count). The smallest absolute Gasteiger partial charge is 0.191 e. The molecule has 1 unspecified atom stereocenters. The highest BCUT2D eigenvalue weighted by Gasteiger charge is 2.34. The van der Waals surface area contributed by atoms with Crippen molar-refractivity contribution in [2.45, 2.75) is 31.3 Å². The molecule has 5 nitrogen and oxygen atoms in total. The Bertz CT molecular complexity index is 970. The largest absolute Gasteiger partial charge is 0.386 e. The van der Waals surface area contributed by atoms with E-state index in [1.54, 1.807) is 11.3 Å². The number of aliphatic imine (C=N–C) groups is 1.